The molecule has 0 aromatic heterocycles. The van der Waals surface area contributed by atoms with Crippen LogP contribution in [0.4, 0.5) is 0 Å². The van der Waals surface area contributed by atoms with Crippen LogP contribution < -0.4 is 5.32 Å². The standard InChI is InChI=1S/C27H30N2O5/c1-19(2)27(33)34-24-17-22(30)13-15-28-26(32)23(31)14-16-29(18-20-9-5-3-6-10-20)25(24)21-11-7-4-8-12-21/h3-12,24-25H,1,13-18H2,2H3,(H,28,32). The average Bonchev–Trinajstić information content (AvgIpc) is 2.82. The predicted octanol–water partition coefficient (Wildman–Crippen LogP) is 3.16. The first-order valence-corrected chi connectivity index (χ1v) is 11.4. The van der Waals surface area contributed by atoms with Gasteiger partial charge in [-0.15, -0.1) is 0 Å². The Hall–Kier alpha value is -3.58. The van der Waals surface area contributed by atoms with Crippen molar-refractivity contribution in [2.45, 2.75) is 44.9 Å². The summed E-state index contributed by atoms with van der Waals surface area (Å²) in [6, 6.07) is 18.6. The lowest BCUT2D eigenvalue weighted by Gasteiger charge is -2.37. The van der Waals surface area contributed by atoms with Gasteiger partial charge in [-0.1, -0.05) is 67.2 Å². The first kappa shape index (κ1) is 25.1. The second-order valence-corrected chi connectivity index (χ2v) is 8.46. The van der Waals surface area contributed by atoms with E-state index in [1.165, 1.54) is 0 Å². The van der Waals surface area contributed by atoms with E-state index in [0.29, 0.717) is 6.54 Å². The molecule has 2 atom stereocenters. The Balaban J connectivity index is 2.07. The molecule has 1 saturated heterocycles. The number of ether oxygens (including phenoxy) is 1. The highest BCUT2D eigenvalue weighted by molar-refractivity contribution is 6.36. The van der Waals surface area contributed by atoms with Crippen molar-refractivity contribution < 1.29 is 23.9 Å². The molecule has 1 aliphatic rings. The summed E-state index contributed by atoms with van der Waals surface area (Å²) in [5, 5.41) is 2.51. The van der Waals surface area contributed by atoms with Crippen LogP contribution >= 0.6 is 0 Å². The molecule has 1 N–H and O–H groups in total. The normalized spacial score (nSPS) is 20.6. The van der Waals surface area contributed by atoms with Gasteiger partial charge in [0.1, 0.15) is 11.9 Å². The first-order chi connectivity index (χ1) is 16.3. The number of Topliss-reactive ketones (excluding diaryl/α,β-unsaturated/α-hetero) is 2. The van der Waals surface area contributed by atoms with Gasteiger partial charge in [0, 0.05) is 44.5 Å². The largest absolute Gasteiger partial charge is 0.457 e. The number of ketones is 2. The quantitative estimate of drug-likeness (QED) is 0.417. The van der Waals surface area contributed by atoms with Gasteiger partial charge in [-0.05, 0) is 18.1 Å². The predicted molar refractivity (Wildman–Crippen MR) is 128 cm³/mol. The van der Waals surface area contributed by atoms with E-state index in [1.807, 2.05) is 65.6 Å². The molecule has 1 amide bonds. The molecule has 1 fully saturated rings. The second kappa shape index (κ2) is 12.0. The summed E-state index contributed by atoms with van der Waals surface area (Å²) < 4.78 is 5.84. The van der Waals surface area contributed by atoms with E-state index in [9.17, 15) is 19.2 Å². The monoisotopic (exact) mass is 462 g/mol. The van der Waals surface area contributed by atoms with Crippen molar-refractivity contribution in [3.63, 3.8) is 0 Å². The summed E-state index contributed by atoms with van der Waals surface area (Å²) in [5.41, 5.74) is 2.07. The fourth-order valence-corrected chi connectivity index (χ4v) is 4.00. The topological polar surface area (TPSA) is 92.8 Å². The average molecular weight is 463 g/mol. The molecule has 34 heavy (non-hydrogen) atoms. The Morgan fingerprint density at radius 2 is 1.68 bits per heavy atom. The van der Waals surface area contributed by atoms with Gasteiger partial charge >= 0.3 is 5.97 Å². The van der Waals surface area contributed by atoms with Crippen LogP contribution in [0, 0.1) is 0 Å². The van der Waals surface area contributed by atoms with Crippen LogP contribution in [-0.2, 0) is 30.5 Å². The maximum absolute atomic E-state index is 12.8. The van der Waals surface area contributed by atoms with E-state index in [2.05, 4.69) is 11.9 Å². The summed E-state index contributed by atoms with van der Waals surface area (Å²) in [6.45, 7) is 5.99. The van der Waals surface area contributed by atoms with Crippen molar-refractivity contribution in [1.29, 1.82) is 0 Å². The zero-order chi connectivity index (χ0) is 24.5. The fourth-order valence-electron chi connectivity index (χ4n) is 4.00. The number of nitrogens with zero attached hydrogens (tertiary/aromatic N) is 1. The van der Waals surface area contributed by atoms with Gasteiger partial charge in [0.25, 0.3) is 5.91 Å². The van der Waals surface area contributed by atoms with Crippen molar-refractivity contribution in [1.82, 2.24) is 10.2 Å². The maximum atomic E-state index is 12.8. The molecule has 1 heterocycles. The van der Waals surface area contributed by atoms with Gasteiger partial charge in [0.15, 0.2) is 0 Å². The highest BCUT2D eigenvalue weighted by Crippen LogP contribution is 2.31. The van der Waals surface area contributed by atoms with Crippen molar-refractivity contribution in [3.8, 4) is 0 Å². The molecule has 7 heteroatoms. The van der Waals surface area contributed by atoms with Crippen molar-refractivity contribution in [2.24, 2.45) is 0 Å². The molecular weight excluding hydrogens is 432 g/mol. The number of hydrogen-bond donors (Lipinski definition) is 1. The highest BCUT2D eigenvalue weighted by atomic mass is 16.5. The SMILES string of the molecule is C=C(C)C(=O)OC1CC(=O)CCNC(=O)C(=O)CCN(Cc2ccccc2)C1c1ccccc1. The van der Waals surface area contributed by atoms with Crippen LogP contribution in [0.3, 0.4) is 0 Å². The number of esters is 1. The summed E-state index contributed by atoms with van der Waals surface area (Å²) in [4.78, 5) is 52.0. The third-order valence-electron chi connectivity index (χ3n) is 5.72. The molecular formula is C27H30N2O5. The number of nitrogens with one attached hydrogen (secondary N) is 1. The van der Waals surface area contributed by atoms with Gasteiger partial charge in [-0.25, -0.2) is 4.79 Å². The van der Waals surface area contributed by atoms with Crippen LogP contribution in [0.5, 0.6) is 0 Å². The van der Waals surface area contributed by atoms with Crippen LogP contribution in [0.1, 0.15) is 43.4 Å². The molecule has 0 aliphatic carbocycles. The van der Waals surface area contributed by atoms with Crippen molar-refractivity contribution >= 4 is 23.4 Å². The van der Waals surface area contributed by atoms with Crippen molar-refractivity contribution in [2.75, 3.05) is 13.1 Å². The Morgan fingerprint density at radius 3 is 2.32 bits per heavy atom. The molecule has 0 radical (unpaired) electrons. The third kappa shape index (κ3) is 6.96. The molecule has 2 aromatic carbocycles. The maximum Gasteiger partial charge on any atom is 0.333 e. The smallest absolute Gasteiger partial charge is 0.333 e. The molecule has 2 aromatic rings. The highest BCUT2D eigenvalue weighted by Gasteiger charge is 2.35. The van der Waals surface area contributed by atoms with E-state index >= 15 is 0 Å². The van der Waals surface area contributed by atoms with Gasteiger partial charge in [-0.3, -0.25) is 19.3 Å². The summed E-state index contributed by atoms with van der Waals surface area (Å²) in [7, 11) is 0. The molecule has 1 aliphatic heterocycles. The number of benzene rings is 2. The molecule has 2 unspecified atom stereocenters. The summed E-state index contributed by atoms with van der Waals surface area (Å²) in [6.07, 6.45) is -0.779. The summed E-state index contributed by atoms with van der Waals surface area (Å²) >= 11 is 0. The van der Waals surface area contributed by atoms with Crippen LogP contribution in [0.15, 0.2) is 72.8 Å². The Bertz CT molecular complexity index is 1040. The molecule has 7 nitrogen and oxygen atoms in total. The van der Waals surface area contributed by atoms with Crippen LogP contribution in [0.2, 0.25) is 0 Å². The van der Waals surface area contributed by atoms with E-state index in [-0.39, 0.29) is 43.7 Å². The van der Waals surface area contributed by atoms with E-state index in [1.54, 1.807) is 6.92 Å². The van der Waals surface area contributed by atoms with E-state index in [0.717, 1.165) is 11.1 Å². The second-order valence-electron chi connectivity index (χ2n) is 8.46. The Morgan fingerprint density at radius 1 is 1.03 bits per heavy atom. The van der Waals surface area contributed by atoms with Gasteiger partial charge in [-0.2, -0.15) is 0 Å². The summed E-state index contributed by atoms with van der Waals surface area (Å²) in [5.74, 6) is -1.98. The molecule has 0 saturated carbocycles. The number of carbonyl (C=O) groups is 4. The number of rotatable bonds is 5. The number of carbonyl (C=O) groups excluding carboxylic acids is 4. The first-order valence-electron chi connectivity index (χ1n) is 11.4. The molecule has 3 rings (SSSR count). The minimum Gasteiger partial charge on any atom is -0.457 e. The number of amides is 1. The van der Waals surface area contributed by atoms with Crippen LogP contribution in [-0.4, -0.2) is 47.5 Å². The zero-order valence-corrected chi connectivity index (χ0v) is 19.4. The lowest BCUT2D eigenvalue weighted by Crippen LogP contribution is -2.43. The molecule has 0 bridgehead atoms. The van der Waals surface area contributed by atoms with Gasteiger partial charge in [0.2, 0.25) is 5.78 Å². The van der Waals surface area contributed by atoms with Crippen molar-refractivity contribution in [3.05, 3.63) is 83.9 Å². The molecule has 178 valence electrons. The lowest BCUT2D eigenvalue weighted by molar-refractivity contribution is -0.150. The van der Waals surface area contributed by atoms with E-state index < -0.39 is 29.8 Å². The minimum atomic E-state index is -0.798. The zero-order valence-electron chi connectivity index (χ0n) is 19.4. The van der Waals surface area contributed by atoms with Gasteiger partial charge in [0.05, 0.1) is 6.04 Å². The molecule has 0 spiro atoms. The van der Waals surface area contributed by atoms with Gasteiger partial charge < -0.3 is 10.1 Å². The number of hydrogen-bond acceptors (Lipinski definition) is 6. The fraction of sp³-hybridized carbons (Fsp3) is 0.333. The Kier molecular flexibility index (Phi) is 8.87. The lowest BCUT2D eigenvalue weighted by atomic mass is 9.93. The van der Waals surface area contributed by atoms with E-state index in [4.69, 9.17) is 4.74 Å². The third-order valence-corrected chi connectivity index (χ3v) is 5.72. The minimum absolute atomic E-state index is 0.00288. The Labute approximate surface area is 199 Å². The van der Waals surface area contributed by atoms with Crippen LogP contribution in [0.25, 0.3) is 0 Å².